The molecular weight excluding hydrogens is 314 g/mol. The van der Waals surface area contributed by atoms with Crippen molar-refractivity contribution in [2.75, 3.05) is 13.2 Å². The van der Waals surface area contributed by atoms with Gasteiger partial charge in [0, 0.05) is 6.54 Å². The molecule has 0 saturated heterocycles. The van der Waals surface area contributed by atoms with Gasteiger partial charge in [-0.3, -0.25) is 4.79 Å². The first kappa shape index (κ1) is 18.8. The lowest BCUT2D eigenvalue weighted by Gasteiger charge is -2.19. The molecule has 0 radical (unpaired) electrons. The summed E-state index contributed by atoms with van der Waals surface area (Å²) >= 11 is 0. The minimum atomic E-state index is -0.145. The summed E-state index contributed by atoms with van der Waals surface area (Å²) in [6.07, 6.45) is 0. The molecule has 0 fully saturated rings. The van der Waals surface area contributed by atoms with Gasteiger partial charge in [0.2, 0.25) is 0 Å². The summed E-state index contributed by atoms with van der Waals surface area (Å²) < 4.78 is 10.9. The van der Waals surface area contributed by atoms with E-state index in [1.165, 1.54) is 5.56 Å². The van der Waals surface area contributed by atoms with E-state index >= 15 is 0 Å². The topological polar surface area (TPSA) is 47.6 Å². The highest BCUT2D eigenvalue weighted by Crippen LogP contribution is 2.24. The third-order valence-electron chi connectivity index (χ3n) is 3.81. The standard InChI is InChI=1S/C21H27NO3/c1-5-24-18-10-6-16(7-11-18)14-22-20(23)15-25-19-12-8-17(9-13-19)21(2,3)4/h6-13H,5,14-15H2,1-4H3,(H,22,23). The molecule has 2 aromatic rings. The molecule has 0 aliphatic heterocycles. The Balaban J connectivity index is 1.77. The van der Waals surface area contributed by atoms with Crippen molar-refractivity contribution in [3.8, 4) is 11.5 Å². The summed E-state index contributed by atoms with van der Waals surface area (Å²) in [6.45, 7) is 9.56. The molecule has 0 saturated carbocycles. The highest BCUT2D eigenvalue weighted by Gasteiger charge is 2.13. The molecule has 1 N–H and O–H groups in total. The second kappa shape index (κ2) is 8.56. The number of ether oxygens (including phenoxy) is 2. The molecule has 0 aliphatic rings. The number of amides is 1. The molecule has 0 aromatic heterocycles. The Morgan fingerprint density at radius 1 is 0.920 bits per heavy atom. The third-order valence-corrected chi connectivity index (χ3v) is 3.81. The maximum atomic E-state index is 11.9. The zero-order chi connectivity index (χ0) is 18.3. The minimum absolute atomic E-state index is 0.00585. The van der Waals surface area contributed by atoms with Crippen molar-refractivity contribution in [1.29, 1.82) is 0 Å². The van der Waals surface area contributed by atoms with Gasteiger partial charge in [-0.1, -0.05) is 45.0 Å². The predicted octanol–water partition coefficient (Wildman–Crippen LogP) is 4.08. The van der Waals surface area contributed by atoms with Crippen LogP contribution in [-0.2, 0) is 16.8 Å². The fraction of sp³-hybridized carbons (Fsp3) is 0.381. The first-order valence-corrected chi connectivity index (χ1v) is 8.60. The van der Waals surface area contributed by atoms with Gasteiger partial charge in [0.1, 0.15) is 11.5 Å². The van der Waals surface area contributed by atoms with Crippen molar-refractivity contribution in [3.63, 3.8) is 0 Å². The molecule has 0 aliphatic carbocycles. The van der Waals surface area contributed by atoms with Crippen molar-refractivity contribution in [1.82, 2.24) is 5.32 Å². The molecule has 0 heterocycles. The average molecular weight is 341 g/mol. The second-order valence-corrected chi connectivity index (χ2v) is 6.92. The molecule has 0 atom stereocenters. The summed E-state index contributed by atoms with van der Waals surface area (Å²) in [6, 6.07) is 15.6. The second-order valence-electron chi connectivity index (χ2n) is 6.92. The normalized spacial score (nSPS) is 11.0. The Labute approximate surface area is 150 Å². The zero-order valence-corrected chi connectivity index (χ0v) is 15.5. The Morgan fingerprint density at radius 3 is 2.04 bits per heavy atom. The lowest BCUT2D eigenvalue weighted by Crippen LogP contribution is -2.28. The van der Waals surface area contributed by atoms with Crippen molar-refractivity contribution in [2.24, 2.45) is 0 Å². The number of carbonyl (C=O) groups excluding carboxylic acids is 1. The van der Waals surface area contributed by atoms with E-state index in [4.69, 9.17) is 9.47 Å². The lowest BCUT2D eigenvalue weighted by molar-refractivity contribution is -0.123. The van der Waals surface area contributed by atoms with Gasteiger partial charge < -0.3 is 14.8 Å². The van der Waals surface area contributed by atoms with Crippen LogP contribution >= 0.6 is 0 Å². The van der Waals surface area contributed by atoms with Crippen molar-refractivity contribution in [2.45, 2.75) is 39.7 Å². The Hall–Kier alpha value is -2.49. The van der Waals surface area contributed by atoms with Crippen LogP contribution in [0.25, 0.3) is 0 Å². The van der Waals surface area contributed by atoms with Crippen molar-refractivity contribution < 1.29 is 14.3 Å². The van der Waals surface area contributed by atoms with E-state index in [1.807, 2.05) is 55.5 Å². The fourth-order valence-corrected chi connectivity index (χ4v) is 2.32. The van der Waals surface area contributed by atoms with Crippen LogP contribution in [0.4, 0.5) is 0 Å². The van der Waals surface area contributed by atoms with Gasteiger partial charge in [-0.2, -0.15) is 0 Å². The molecule has 0 bridgehead atoms. The molecule has 134 valence electrons. The van der Waals surface area contributed by atoms with Gasteiger partial charge >= 0.3 is 0 Å². The zero-order valence-electron chi connectivity index (χ0n) is 15.5. The van der Waals surface area contributed by atoms with Gasteiger partial charge in [0.25, 0.3) is 5.91 Å². The van der Waals surface area contributed by atoms with Gasteiger partial charge in [-0.25, -0.2) is 0 Å². The summed E-state index contributed by atoms with van der Waals surface area (Å²) in [5.41, 5.74) is 2.36. The smallest absolute Gasteiger partial charge is 0.258 e. The first-order chi connectivity index (χ1) is 11.9. The predicted molar refractivity (Wildman–Crippen MR) is 100 cm³/mol. The molecule has 25 heavy (non-hydrogen) atoms. The average Bonchev–Trinajstić information content (AvgIpc) is 2.59. The highest BCUT2D eigenvalue weighted by molar-refractivity contribution is 5.77. The van der Waals surface area contributed by atoms with E-state index in [0.29, 0.717) is 18.9 Å². The Kier molecular flexibility index (Phi) is 6.45. The van der Waals surface area contributed by atoms with E-state index in [9.17, 15) is 4.79 Å². The molecule has 1 amide bonds. The number of hydrogen-bond donors (Lipinski definition) is 1. The van der Waals surface area contributed by atoms with Crippen LogP contribution in [0.1, 0.15) is 38.8 Å². The van der Waals surface area contributed by atoms with Gasteiger partial charge in [-0.05, 0) is 47.7 Å². The fourth-order valence-electron chi connectivity index (χ4n) is 2.32. The number of nitrogens with one attached hydrogen (secondary N) is 1. The van der Waals surface area contributed by atoms with Crippen LogP contribution < -0.4 is 14.8 Å². The van der Waals surface area contributed by atoms with Crippen LogP contribution in [0.2, 0.25) is 0 Å². The summed E-state index contributed by atoms with van der Waals surface area (Å²) in [5.74, 6) is 1.39. The Morgan fingerprint density at radius 2 is 1.48 bits per heavy atom. The molecule has 4 nitrogen and oxygen atoms in total. The van der Waals surface area contributed by atoms with E-state index in [2.05, 4.69) is 26.1 Å². The number of rotatable bonds is 7. The van der Waals surface area contributed by atoms with E-state index in [0.717, 1.165) is 11.3 Å². The molecule has 2 rings (SSSR count). The summed E-state index contributed by atoms with van der Waals surface area (Å²) in [4.78, 5) is 11.9. The molecule has 2 aromatic carbocycles. The van der Waals surface area contributed by atoms with E-state index in [1.54, 1.807) is 0 Å². The monoisotopic (exact) mass is 341 g/mol. The van der Waals surface area contributed by atoms with Crippen molar-refractivity contribution >= 4 is 5.91 Å². The maximum Gasteiger partial charge on any atom is 0.258 e. The summed E-state index contributed by atoms with van der Waals surface area (Å²) in [5, 5.41) is 2.85. The van der Waals surface area contributed by atoms with Crippen LogP contribution in [-0.4, -0.2) is 19.1 Å². The number of benzene rings is 2. The third kappa shape index (κ3) is 6.14. The van der Waals surface area contributed by atoms with Crippen LogP contribution in [0.5, 0.6) is 11.5 Å². The first-order valence-electron chi connectivity index (χ1n) is 8.60. The number of hydrogen-bond acceptors (Lipinski definition) is 3. The SMILES string of the molecule is CCOc1ccc(CNC(=O)COc2ccc(C(C)(C)C)cc2)cc1. The maximum absolute atomic E-state index is 11.9. The van der Waals surface area contributed by atoms with Gasteiger partial charge in [-0.15, -0.1) is 0 Å². The highest BCUT2D eigenvalue weighted by atomic mass is 16.5. The molecule has 4 heteroatoms. The Bertz CT molecular complexity index is 670. The lowest BCUT2D eigenvalue weighted by atomic mass is 9.87. The van der Waals surface area contributed by atoms with Gasteiger partial charge in [0.05, 0.1) is 6.61 Å². The molecule has 0 unspecified atom stereocenters. The number of carbonyl (C=O) groups is 1. The van der Waals surface area contributed by atoms with Crippen LogP contribution in [0, 0.1) is 0 Å². The van der Waals surface area contributed by atoms with Crippen LogP contribution in [0.3, 0.4) is 0 Å². The van der Waals surface area contributed by atoms with Crippen molar-refractivity contribution in [3.05, 3.63) is 59.7 Å². The summed E-state index contributed by atoms with van der Waals surface area (Å²) in [7, 11) is 0. The van der Waals surface area contributed by atoms with Crippen LogP contribution in [0.15, 0.2) is 48.5 Å². The largest absolute Gasteiger partial charge is 0.494 e. The molecular formula is C21H27NO3. The molecule has 0 spiro atoms. The van der Waals surface area contributed by atoms with E-state index < -0.39 is 0 Å². The minimum Gasteiger partial charge on any atom is -0.494 e. The van der Waals surface area contributed by atoms with E-state index in [-0.39, 0.29) is 17.9 Å². The van der Waals surface area contributed by atoms with Gasteiger partial charge in [0.15, 0.2) is 6.61 Å². The quantitative estimate of drug-likeness (QED) is 0.825.